The van der Waals surface area contributed by atoms with Gasteiger partial charge in [0.2, 0.25) is 0 Å². The maximum atomic E-state index is 12.0. The third-order valence-electron chi connectivity index (χ3n) is 3.54. The SMILES string of the molecule is COC(=O)C(OB1OC(=O)C(c2ccccc2)O1)c1ccccc1. The molecule has 0 spiro atoms. The van der Waals surface area contributed by atoms with E-state index in [2.05, 4.69) is 0 Å². The molecule has 24 heavy (non-hydrogen) atoms. The summed E-state index contributed by atoms with van der Waals surface area (Å²) in [5, 5.41) is 0. The van der Waals surface area contributed by atoms with Crippen molar-refractivity contribution in [3.05, 3.63) is 71.8 Å². The predicted octanol–water partition coefficient (Wildman–Crippen LogP) is 2.22. The summed E-state index contributed by atoms with van der Waals surface area (Å²) in [7, 11) is -0.0253. The van der Waals surface area contributed by atoms with Gasteiger partial charge in [-0.15, -0.1) is 0 Å². The van der Waals surface area contributed by atoms with Crippen LogP contribution in [0.15, 0.2) is 60.7 Å². The van der Waals surface area contributed by atoms with Crippen molar-refractivity contribution in [2.24, 2.45) is 0 Å². The molecule has 2 aromatic rings. The molecule has 3 rings (SSSR count). The van der Waals surface area contributed by atoms with Crippen molar-refractivity contribution in [2.45, 2.75) is 12.2 Å². The van der Waals surface area contributed by atoms with E-state index in [-0.39, 0.29) is 0 Å². The van der Waals surface area contributed by atoms with Crippen LogP contribution in [0.4, 0.5) is 0 Å². The van der Waals surface area contributed by atoms with Gasteiger partial charge in [-0.2, -0.15) is 0 Å². The number of esters is 1. The zero-order valence-corrected chi connectivity index (χ0v) is 13.0. The summed E-state index contributed by atoms with van der Waals surface area (Å²) in [4.78, 5) is 24.0. The number of hydrogen-bond acceptors (Lipinski definition) is 6. The van der Waals surface area contributed by atoms with Gasteiger partial charge in [-0.1, -0.05) is 60.7 Å². The van der Waals surface area contributed by atoms with Crippen molar-refractivity contribution in [2.75, 3.05) is 7.11 Å². The van der Waals surface area contributed by atoms with E-state index < -0.39 is 31.5 Å². The maximum Gasteiger partial charge on any atom is 0.717 e. The molecule has 1 aliphatic heterocycles. The summed E-state index contributed by atoms with van der Waals surface area (Å²) in [6.45, 7) is 0. The second kappa shape index (κ2) is 7.29. The second-order valence-electron chi connectivity index (χ2n) is 5.10. The van der Waals surface area contributed by atoms with Gasteiger partial charge in [-0.25, -0.2) is 4.79 Å². The average Bonchev–Trinajstić information content (AvgIpc) is 3.01. The van der Waals surface area contributed by atoms with E-state index >= 15 is 0 Å². The highest BCUT2D eigenvalue weighted by molar-refractivity contribution is 6.42. The van der Waals surface area contributed by atoms with Crippen molar-refractivity contribution in [3.63, 3.8) is 0 Å². The molecule has 0 amide bonds. The summed E-state index contributed by atoms with van der Waals surface area (Å²) in [6, 6.07) is 17.7. The largest absolute Gasteiger partial charge is 0.717 e. The predicted molar refractivity (Wildman–Crippen MR) is 84.4 cm³/mol. The van der Waals surface area contributed by atoms with E-state index in [4.69, 9.17) is 18.7 Å². The lowest BCUT2D eigenvalue weighted by Crippen LogP contribution is -2.28. The van der Waals surface area contributed by atoms with Gasteiger partial charge in [0, 0.05) is 0 Å². The first kappa shape index (κ1) is 16.2. The Morgan fingerprint density at radius 3 is 2.33 bits per heavy atom. The molecule has 6 nitrogen and oxygen atoms in total. The first-order valence-corrected chi connectivity index (χ1v) is 7.38. The van der Waals surface area contributed by atoms with Crippen molar-refractivity contribution in [1.82, 2.24) is 0 Å². The van der Waals surface area contributed by atoms with Crippen molar-refractivity contribution < 1.29 is 28.3 Å². The number of methoxy groups -OCH3 is 1. The molecule has 0 N–H and O–H groups in total. The Hall–Kier alpha value is -2.64. The van der Waals surface area contributed by atoms with E-state index in [1.807, 2.05) is 12.1 Å². The van der Waals surface area contributed by atoms with Crippen LogP contribution in [-0.2, 0) is 28.3 Å². The van der Waals surface area contributed by atoms with Crippen LogP contribution in [0.2, 0.25) is 0 Å². The van der Waals surface area contributed by atoms with E-state index in [0.29, 0.717) is 11.1 Å². The van der Waals surface area contributed by atoms with Crippen molar-refractivity contribution >= 4 is 19.3 Å². The molecule has 1 heterocycles. The topological polar surface area (TPSA) is 71.1 Å². The zero-order chi connectivity index (χ0) is 16.9. The lowest BCUT2D eigenvalue weighted by atomic mass is 10.1. The number of hydrogen-bond donors (Lipinski definition) is 0. The summed E-state index contributed by atoms with van der Waals surface area (Å²) >= 11 is 0. The molecule has 1 aliphatic rings. The minimum atomic E-state index is -1.29. The fraction of sp³-hybridized carbons (Fsp3) is 0.176. The van der Waals surface area contributed by atoms with Crippen LogP contribution in [0.5, 0.6) is 0 Å². The summed E-state index contributed by atoms with van der Waals surface area (Å²) in [5.41, 5.74) is 1.23. The monoisotopic (exact) mass is 326 g/mol. The molecule has 1 saturated heterocycles. The van der Waals surface area contributed by atoms with Crippen LogP contribution in [0.25, 0.3) is 0 Å². The normalized spacial score (nSPS) is 18.1. The van der Waals surface area contributed by atoms with Gasteiger partial charge in [0.1, 0.15) is 0 Å². The Morgan fingerprint density at radius 1 is 1.08 bits per heavy atom. The second-order valence-corrected chi connectivity index (χ2v) is 5.10. The van der Waals surface area contributed by atoms with Gasteiger partial charge in [-0.05, 0) is 11.1 Å². The Kier molecular flexibility index (Phi) is 4.93. The smallest absolute Gasteiger partial charge is 0.483 e. The zero-order valence-electron chi connectivity index (χ0n) is 13.0. The van der Waals surface area contributed by atoms with Crippen LogP contribution >= 0.6 is 0 Å². The lowest BCUT2D eigenvalue weighted by Gasteiger charge is -2.16. The number of carbonyl (C=O) groups is 2. The average molecular weight is 326 g/mol. The van der Waals surface area contributed by atoms with Gasteiger partial charge in [-0.3, -0.25) is 4.79 Å². The molecule has 2 atom stereocenters. The maximum absolute atomic E-state index is 12.0. The minimum Gasteiger partial charge on any atom is -0.483 e. The molecule has 122 valence electrons. The highest BCUT2D eigenvalue weighted by Crippen LogP contribution is 2.29. The highest BCUT2D eigenvalue weighted by Gasteiger charge is 2.46. The van der Waals surface area contributed by atoms with E-state index in [1.165, 1.54) is 7.11 Å². The minimum absolute atomic E-state index is 0.567. The molecular weight excluding hydrogens is 311 g/mol. The number of rotatable bonds is 5. The quantitative estimate of drug-likeness (QED) is 0.620. The van der Waals surface area contributed by atoms with Crippen LogP contribution in [0.1, 0.15) is 23.3 Å². The fourth-order valence-electron chi connectivity index (χ4n) is 2.37. The van der Waals surface area contributed by atoms with Gasteiger partial charge < -0.3 is 18.7 Å². The summed E-state index contributed by atoms with van der Waals surface area (Å²) in [6.07, 6.45) is -1.94. The number of ether oxygens (including phenoxy) is 1. The van der Waals surface area contributed by atoms with Gasteiger partial charge in [0.25, 0.3) is 0 Å². The summed E-state index contributed by atoms with van der Waals surface area (Å²) < 4.78 is 20.9. The van der Waals surface area contributed by atoms with Crippen molar-refractivity contribution in [3.8, 4) is 0 Å². The molecular formula is C17H15BO6. The molecule has 2 aromatic carbocycles. The third kappa shape index (κ3) is 3.47. The molecule has 1 fully saturated rings. The van der Waals surface area contributed by atoms with Gasteiger partial charge in [0.05, 0.1) is 7.11 Å². The molecule has 0 aromatic heterocycles. The van der Waals surface area contributed by atoms with Crippen LogP contribution in [0.3, 0.4) is 0 Å². The first-order valence-electron chi connectivity index (χ1n) is 7.38. The Balaban J connectivity index is 1.74. The molecule has 0 radical (unpaired) electrons. The van der Waals surface area contributed by atoms with Crippen molar-refractivity contribution in [1.29, 1.82) is 0 Å². The Bertz CT molecular complexity index is 706. The van der Waals surface area contributed by atoms with E-state index in [9.17, 15) is 9.59 Å². The first-order chi connectivity index (χ1) is 11.7. The Labute approximate surface area is 139 Å². The van der Waals surface area contributed by atoms with Crippen LogP contribution in [-0.4, -0.2) is 26.4 Å². The molecule has 2 unspecified atom stereocenters. The highest BCUT2D eigenvalue weighted by atomic mass is 16.8. The van der Waals surface area contributed by atoms with Gasteiger partial charge >= 0.3 is 19.3 Å². The van der Waals surface area contributed by atoms with E-state index in [1.54, 1.807) is 48.5 Å². The lowest BCUT2D eigenvalue weighted by molar-refractivity contribution is -0.151. The van der Waals surface area contributed by atoms with Crippen LogP contribution < -0.4 is 0 Å². The number of benzene rings is 2. The summed E-state index contributed by atoms with van der Waals surface area (Å²) in [5.74, 6) is -1.17. The molecule has 7 heteroatoms. The third-order valence-corrected chi connectivity index (χ3v) is 3.54. The van der Waals surface area contributed by atoms with E-state index in [0.717, 1.165) is 0 Å². The fourth-order valence-corrected chi connectivity index (χ4v) is 2.37. The Morgan fingerprint density at radius 2 is 1.71 bits per heavy atom. The standard InChI is InChI=1S/C17H15BO6/c1-21-16(19)14(12-8-4-2-5-9-12)22-18-23-15(17(20)24-18)13-10-6-3-7-11-13/h2-11,14-15H,1H3. The molecule has 0 saturated carbocycles. The molecule has 0 aliphatic carbocycles. The molecule has 0 bridgehead atoms. The van der Waals surface area contributed by atoms with Gasteiger partial charge in [0.15, 0.2) is 12.2 Å². The van der Waals surface area contributed by atoms with Crippen LogP contribution in [0, 0.1) is 0 Å². The number of carbonyl (C=O) groups excluding carboxylic acids is 2.